The van der Waals surface area contributed by atoms with E-state index in [9.17, 15) is 18.4 Å². The first-order chi connectivity index (χ1) is 15.9. The van der Waals surface area contributed by atoms with Crippen LogP contribution in [0.1, 0.15) is 16.6 Å². The molecule has 0 aliphatic carbocycles. The number of furan rings is 1. The number of alkyl halides is 2. The largest absolute Gasteiger partial charge is 0.465 e. The first kappa shape index (κ1) is 22.3. The molecule has 2 heterocycles. The first-order valence-electron chi connectivity index (χ1n) is 9.66. The molecular weight excluding hydrogens is 452 g/mol. The molecule has 168 valence electrons. The maximum absolute atomic E-state index is 13.2. The van der Waals surface area contributed by atoms with Crippen LogP contribution in [0.25, 0.3) is 6.08 Å². The minimum Gasteiger partial charge on any atom is -0.465 e. The van der Waals surface area contributed by atoms with Gasteiger partial charge in [0.15, 0.2) is 5.17 Å². The van der Waals surface area contributed by atoms with E-state index in [1.807, 2.05) is 6.07 Å². The molecule has 0 fully saturated rings. The van der Waals surface area contributed by atoms with Gasteiger partial charge in [0.25, 0.3) is 5.91 Å². The van der Waals surface area contributed by atoms with Crippen molar-refractivity contribution < 1.29 is 27.5 Å². The average molecular weight is 469 g/mol. The molecule has 1 unspecified atom stereocenters. The molecule has 4 rings (SSSR count). The van der Waals surface area contributed by atoms with Crippen LogP contribution in [0.2, 0.25) is 0 Å². The molecule has 1 aromatic heterocycles. The Kier molecular flexibility index (Phi) is 6.55. The Hall–Kier alpha value is -3.92. The molecular formula is C23H17F2N3O4S. The number of hydrogen-bond donors (Lipinski definition) is 1. The molecule has 2 amide bonds. The van der Waals surface area contributed by atoms with Gasteiger partial charge < -0.3 is 14.9 Å². The third kappa shape index (κ3) is 5.12. The van der Waals surface area contributed by atoms with Gasteiger partial charge in [-0.25, -0.2) is 4.99 Å². The lowest BCUT2D eigenvalue weighted by Gasteiger charge is -2.21. The Balaban J connectivity index is 1.71. The zero-order chi connectivity index (χ0) is 23.4. The Morgan fingerprint density at radius 1 is 1.09 bits per heavy atom. The molecule has 1 aliphatic rings. The number of carbonyl (C=O) groups is 2. The van der Waals surface area contributed by atoms with E-state index in [0.29, 0.717) is 17.0 Å². The zero-order valence-corrected chi connectivity index (χ0v) is 17.7. The van der Waals surface area contributed by atoms with Crippen LogP contribution in [0.3, 0.4) is 0 Å². The van der Waals surface area contributed by atoms with Crippen LogP contribution < -0.4 is 15.4 Å². The smallest absolute Gasteiger partial charge is 0.387 e. The maximum Gasteiger partial charge on any atom is 0.387 e. The summed E-state index contributed by atoms with van der Waals surface area (Å²) in [6.45, 7) is -2.97. The van der Waals surface area contributed by atoms with Crippen molar-refractivity contribution in [2.75, 3.05) is 4.90 Å². The van der Waals surface area contributed by atoms with Crippen molar-refractivity contribution in [3.63, 3.8) is 0 Å². The molecule has 2 aromatic carbocycles. The van der Waals surface area contributed by atoms with Gasteiger partial charge in [-0.3, -0.25) is 14.5 Å². The number of rotatable bonds is 7. The lowest BCUT2D eigenvalue weighted by Crippen LogP contribution is -2.32. The van der Waals surface area contributed by atoms with Gasteiger partial charge in [0.1, 0.15) is 22.5 Å². The van der Waals surface area contributed by atoms with Crippen LogP contribution in [-0.4, -0.2) is 23.6 Å². The number of nitrogens with two attached hydrogens (primary N) is 1. The average Bonchev–Trinajstić information content (AvgIpc) is 3.41. The van der Waals surface area contributed by atoms with Crippen LogP contribution in [0.15, 0.2) is 88.1 Å². The van der Waals surface area contributed by atoms with Gasteiger partial charge in [-0.2, -0.15) is 8.78 Å². The van der Waals surface area contributed by atoms with Gasteiger partial charge in [-0.15, -0.1) is 0 Å². The Bertz CT molecular complexity index is 1200. The van der Waals surface area contributed by atoms with E-state index in [0.717, 1.165) is 11.8 Å². The highest BCUT2D eigenvalue weighted by Crippen LogP contribution is 2.37. The maximum atomic E-state index is 13.2. The summed E-state index contributed by atoms with van der Waals surface area (Å²) in [5.41, 5.74) is 6.72. The van der Waals surface area contributed by atoms with Crippen molar-refractivity contribution in [3.05, 3.63) is 90.0 Å². The summed E-state index contributed by atoms with van der Waals surface area (Å²) < 4.78 is 34.6. The molecule has 2 N–H and O–H groups in total. The second-order valence-corrected chi connectivity index (χ2v) is 7.84. The zero-order valence-electron chi connectivity index (χ0n) is 16.9. The summed E-state index contributed by atoms with van der Waals surface area (Å²) >= 11 is 1.01. The minimum absolute atomic E-state index is 0.0582. The van der Waals surface area contributed by atoms with Gasteiger partial charge >= 0.3 is 6.61 Å². The molecule has 0 spiro atoms. The number of amidine groups is 1. The quantitative estimate of drug-likeness (QED) is 0.511. The molecule has 0 bridgehead atoms. The summed E-state index contributed by atoms with van der Waals surface area (Å²) in [5, 5.41) is -0.613. The fraction of sp³-hybridized carbons (Fsp3) is 0.0870. The third-order valence-corrected chi connectivity index (χ3v) is 5.78. The lowest BCUT2D eigenvalue weighted by molar-refractivity contribution is -0.117. The summed E-state index contributed by atoms with van der Waals surface area (Å²) in [6.07, 6.45) is 2.93. The second kappa shape index (κ2) is 9.70. The molecule has 0 radical (unpaired) electrons. The number of nitrogens with zero attached hydrogens (tertiary/aromatic N) is 2. The van der Waals surface area contributed by atoms with E-state index >= 15 is 0 Å². The number of primary amides is 1. The van der Waals surface area contributed by atoms with Gasteiger partial charge in [0.2, 0.25) is 5.91 Å². The van der Waals surface area contributed by atoms with E-state index in [1.54, 1.807) is 36.4 Å². The predicted molar refractivity (Wildman–Crippen MR) is 121 cm³/mol. The monoisotopic (exact) mass is 469 g/mol. The van der Waals surface area contributed by atoms with Crippen molar-refractivity contribution >= 4 is 40.5 Å². The van der Waals surface area contributed by atoms with E-state index < -0.39 is 23.7 Å². The molecule has 33 heavy (non-hydrogen) atoms. The van der Waals surface area contributed by atoms with Gasteiger partial charge in [0, 0.05) is 6.08 Å². The van der Waals surface area contributed by atoms with Crippen molar-refractivity contribution in [1.29, 1.82) is 0 Å². The lowest BCUT2D eigenvalue weighted by atomic mass is 10.1. The Morgan fingerprint density at radius 3 is 2.42 bits per heavy atom. The van der Waals surface area contributed by atoms with Crippen molar-refractivity contribution in [2.24, 2.45) is 10.7 Å². The van der Waals surface area contributed by atoms with Crippen molar-refractivity contribution in [3.8, 4) is 5.75 Å². The molecule has 0 saturated heterocycles. The van der Waals surface area contributed by atoms with Gasteiger partial charge in [0.05, 0.1) is 12.0 Å². The van der Waals surface area contributed by atoms with Crippen LogP contribution in [0.4, 0.5) is 14.5 Å². The number of thioether (sulfide) groups is 1. The van der Waals surface area contributed by atoms with Crippen molar-refractivity contribution in [1.82, 2.24) is 0 Å². The van der Waals surface area contributed by atoms with E-state index in [-0.39, 0.29) is 16.6 Å². The molecule has 0 saturated carbocycles. The Labute approximate surface area is 191 Å². The summed E-state index contributed by atoms with van der Waals surface area (Å²) in [6, 6.07) is 17.7. The number of benzene rings is 2. The highest BCUT2D eigenvalue weighted by molar-refractivity contribution is 8.15. The number of aliphatic imine (C=N–C) groups is 1. The van der Waals surface area contributed by atoms with Crippen LogP contribution in [-0.2, 0) is 9.59 Å². The fourth-order valence-electron chi connectivity index (χ4n) is 3.11. The summed E-state index contributed by atoms with van der Waals surface area (Å²) in [7, 11) is 0. The van der Waals surface area contributed by atoms with Gasteiger partial charge in [-0.05, 0) is 42.0 Å². The molecule has 3 aromatic rings. The number of hydrogen-bond acceptors (Lipinski definition) is 6. The molecule has 7 nitrogen and oxygen atoms in total. The van der Waals surface area contributed by atoms with Crippen LogP contribution in [0.5, 0.6) is 5.75 Å². The topological polar surface area (TPSA) is 98.1 Å². The normalized spacial score (nSPS) is 15.7. The standard InChI is InChI=1S/C23H17F2N3O4S/c24-22(25)32-16-10-8-15(9-11-16)28-21(30)18(13-17-7-4-12-31-17)27-23(28)33-19(20(26)29)14-5-2-1-3-6-14/h1-13,19,22H,(H2,26,29)/b18-13-. The van der Waals surface area contributed by atoms with Crippen molar-refractivity contribution in [2.45, 2.75) is 11.9 Å². The molecule has 1 aliphatic heterocycles. The van der Waals surface area contributed by atoms with E-state index in [1.165, 1.54) is 41.5 Å². The number of carbonyl (C=O) groups excluding carboxylic acids is 2. The number of amides is 2. The van der Waals surface area contributed by atoms with E-state index in [2.05, 4.69) is 9.73 Å². The highest BCUT2D eigenvalue weighted by atomic mass is 32.2. The van der Waals surface area contributed by atoms with Crippen LogP contribution >= 0.6 is 11.8 Å². The fourth-order valence-corrected chi connectivity index (χ4v) is 4.18. The molecule has 1 atom stereocenters. The third-order valence-electron chi connectivity index (χ3n) is 4.56. The second-order valence-electron chi connectivity index (χ2n) is 6.76. The summed E-state index contributed by atoms with van der Waals surface area (Å²) in [5.74, 6) is -0.723. The predicted octanol–water partition coefficient (Wildman–Crippen LogP) is 4.58. The number of anilines is 1. The van der Waals surface area contributed by atoms with Gasteiger partial charge in [-0.1, -0.05) is 42.1 Å². The van der Waals surface area contributed by atoms with E-state index in [4.69, 9.17) is 10.2 Å². The number of ether oxygens (including phenoxy) is 1. The minimum atomic E-state index is -2.97. The SMILES string of the molecule is NC(=O)C(SC1=N/C(=C\c2ccco2)C(=O)N1c1ccc(OC(F)F)cc1)c1ccccc1. The number of halogens is 2. The molecule has 10 heteroatoms. The summed E-state index contributed by atoms with van der Waals surface area (Å²) in [4.78, 5) is 31.1. The Morgan fingerprint density at radius 2 is 1.82 bits per heavy atom. The van der Waals surface area contributed by atoms with Crippen LogP contribution in [0, 0.1) is 0 Å². The first-order valence-corrected chi connectivity index (χ1v) is 10.5. The highest BCUT2D eigenvalue weighted by Gasteiger charge is 2.35.